The molecule has 4 N–H and O–H groups in total. The Labute approximate surface area is 156 Å². The van der Waals surface area contributed by atoms with Crippen LogP contribution in [0.1, 0.15) is 66.2 Å². The van der Waals surface area contributed by atoms with Crippen molar-refractivity contribution in [1.29, 1.82) is 0 Å². The number of rotatable bonds is 7. The zero-order chi connectivity index (χ0) is 19.5. The van der Waals surface area contributed by atoms with Crippen LogP contribution in [0.5, 0.6) is 0 Å². The molecule has 1 aliphatic heterocycles. The number of hydrogen-bond donors (Lipinski definition) is 3. The fourth-order valence-electron chi connectivity index (χ4n) is 3.98. The van der Waals surface area contributed by atoms with Crippen LogP contribution in [0.3, 0.4) is 0 Å². The van der Waals surface area contributed by atoms with Gasteiger partial charge in [-0.25, -0.2) is 4.79 Å². The van der Waals surface area contributed by atoms with E-state index in [4.69, 9.17) is 5.73 Å². The summed E-state index contributed by atoms with van der Waals surface area (Å²) in [5.74, 6) is -0.0250. The highest BCUT2D eigenvalue weighted by atomic mass is 16.2. The van der Waals surface area contributed by atoms with Crippen molar-refractivity contribution in [2.45, 2.75) is 77.8 Å². The zero-order valence-corrected chi connectivity index (χ0v) is 16.6. The smallest absolute Gasteiger partial charge is 0.325 e. The van der Waals surface area contributed by atoms with Crippen molar-refractivity contribution < 1.29 is 14.4 Å². The molecule has 1 saturated heterocycles. The summed E-state index contributed by atoms with van der Waals surface area (Å²) in [6, 6.07) is -0.455. The van der Waals surface area contributed by atoms with Crippen molar-refractivity contribution in [3.05, 3.63) is 0 Å². The molecule has 148 valence electrons. The Morgan fingerprint density at radius 3 is 2.54 bits per heavy atom. The van der Waals surface area contributed by atoms with Gasteiger partial charge in [-0.3, -0.25) is 14.5 Å². The molecule has 1 saturated carbocycles. The molecule has 0 radical (unpaired) electrons. The van der Waals surface area contributed by atoms with Crippen LogP contribution in [-0.4, -0.2) is 47.4 Å². The Morgan fingerprint density at radius 2 is 2.00 bits per heavy atom. The van der Waals surface area contributed by atoms with E-state index in [1.807, 2.05) is 6.92 Å². The van der Waals surface area contributed by atoms with Crippen LogP contribution in [0.4, 0.5) is 4.79 Å². The fraction of sp³-hybridized carbons (Fsp3) is 0.842. The first-order valence-electron chi connectivity index (χ1n) is 9.77. The second-order valence-electron chi connectivity index (χ2n) is 8.64. The van der Waals surface area contributed by atoms with Crippen molar-refractivity contribution in [3.8, 4) is 0 Å². The third kappa shape index (κ3) is 4.37. The van der Waals surface area contributed by atoms with Crippen LogP contribution >= 0.6 is 0 Å². The molecule has 1 unspecified atom stereocenters. The van der Waals surface area contributed by atoms with E-state index in [2.05, 4.69) is 31.4 Å². The quantitative estimate of drug-likeness (QED) is 0.597. The first kappa shape index (κ1) is 20.7. The van der Waals surface area contributed by atoms with Crippen LogP contribution in [0.2, 0.25) is 0 Å². The number of urea groups is 1. The third-order valence-electron chi connectivity index (χ3n) is 6.33. The van der Waals surface area contributed by atoms with E-state index in [-0.39, 0.29) is 29.8 Å². The van der Waals surface area contributed by atoms with Gasteiger partial charge in [0.1, 0.15) is 12.1 Å². The average molecular weight is 367 g/mol. The molecule has 1 heterocycles. The predicted molar refractivity (Wildman–Crippen MR) is 100 cm³/mol. The summed E-state index contributed by atoms with van der Waals surface area (Å²) < 4.78 is 0. The summed E-state index contributed by atoms with van der Waals surface area (Å²) in [6.45, 7) is 8.81. The normalized spacial score (nSPS) is 27.6. The van der Waals surface area contributed by atoms with Gasteiger partial charge in [0.2, 0.25) is 5.91 Å². The summed E-state index contributed by atoms with van der Waals surface area (Å²) in [5.41, 5.74) is 5.08. The summed E-state index contributed by atoms with van der Waals surface area (Å²) in [7, 11) is 0. The topological polar surface area (TPSA) is 105 Å². The molecular weight excluding hydrogens is 332 g/mol. The van der Waals surface area contributed by atoms with Crippen molar-refractivity contribution in [2.24, 2.45) is 17.1 Å². The van der Waals surface area contributed by atoms with E-state index < -0.39 is 11.6 Å². The Hall–Kier alpha value is -1.63. The molecule has 4 amide bonds. The molecule has 1 aliphatic carbocycles. The van der Waals surface area contributed by atoms with Crippen LogP contribution < -0.4 is 16.4 Å². The fourth-order valence-corrected chi connectivity index (χ4v) is 3.98. The number of carbonyl (C=O) groups excluding carboxylic acids is 3. The van der Waals surface area contributed by atoms with Gasteiger partial charge in [0.05, 0.1) is 0 Å². The van der Waals surface area contributed by atoms with E-state index in [1.165, 1.54) is 0 Å². The Morgan fingerprint density at radius 1 is 1.38 bits per heavy atom. The molecule has 1 atom stereocenters. The van der Waals surface area contributed by atoms with Crippen molar-refractivity contribution >= 4 is 17.8 Å². The summed E-state index contributed by atoms with van der Waals surface area (Å²) in [6.07, 6.45) is 4.88. The maximum absolute atomic E-state index is 12.9. The Balaban J connectivity index is 1.93. The summed E-state index contributed by atoms with van der Waals surface area (Å²) >= 11 is 0. The number of amides is 4. The van der Waals surface area contributed by atoms with Crippen LogP contribution in [-0.2, 0) is 9.59 Å². The molecule has 2 rings (SSSR count). The van der Waals surface area contributed by atoms with Gasteiger partial charge in [0.15, 0.2) is 0 Å². The van der Waals surface area contributed by atoms with Crippen molar-refractivity contribution in [1.82, 2.24) is 15.5 Å². The second kappa shape index (κ2) is 7.94. The molecule has 2 aliphatic rings. The SMILES string of the molecule is CCC(C)(C)C1CCC2(CC1)NC(=O)N(CC(=O)NCCC(C)N)C2=O. The van der Waals surface area contributed by atoms with Crippen molar-refractivity contribution in [2.75, 3.05) is 13.1 Å². The van der Waals surface area contributed by atoms with Gasteiger partial charge >= 0.3 is 6.03 Å². The minimum Gasteiger partial charge on any atom is -0.354 e. The van der Waals surface area contributed by atoms with Gasteiger partial charge in [-0.1, -0.05) is 27.2 Å². The molecule has 0 aromatic heterocycles. The molecule has 0 bridgehead atoms. The lowest BCUT2D eigenvalue weighted by Gasteiger charge is -2.42. The predicted octanol–water partition coefficient (Wildman–Crippen LogP) is 1.76. The first-order valence-corrected chi connectivity index (χ1v) is 9.77. The number of imide groups is 1. The van der Waals surface area contributed by atoms with Gasteiger partial charge < -0.3 is 16.4 Å². The van der Waals surface area contributed by atoms with Gasteiger partial charge in [-0.15, -0.1) is 0 Å². The van der Waals surface area contributed by atoms with Gasteiger partial charge in [-0.05, 0) is 50.4 Å². The van der Waals surface area contributed by atoms with Gasteiger partial charge in [0.25, 0.3) is 5.91 Å². The highest BCUT2D eigenvalue weighted by Gasteiger charge is 2.53. The highest BCUT2D eigenvalue weighted by molar-refractivity contribution is 6.09. The summed E-state index contributed by atoms with van der Waals surface area (Å²) in [5, 5.41) is 5.59. The maximum atomic E-state index is 12.9. The molecule has 7 nitrogen and oxygen atoms in total. The lowest BCUT2D eigenvalue weighted by Crippen LogP contribution is -2.51. The molecule has 7 heteroatoms. The monoisotopic (exact) mass is 366 g/mol. The molecule has 0 aromatic carbocycles. The van der Waals surface area contributed by atoms with E-state index in [1.54, 1.807) is 0 Å². The molecular formula is C19H34N4O3. The number of hydrogen-bond acceptors (Lipinski definition) is 4. The van der Waals surface area contributed by atoms with Crippen molar-refractivity contribution in [3.63, 3.8) is 0 Å². The number of carbonyl (C=O) groups is 3. The molecule has 26 heavy (non-hydrogen) atoms. The average Bonchev–Trinajstić information content (AvgIpc) is 2.79. The Bertz CT molecular complexity index is 551. The minimum atomic E-state index is -0.816. The molecule has 0 aromatic rings. The van der Waals surface area contributed by atoms with E-state index >= 15 is 0 Å². The van der Waals surface area contributed by atoms with E-state index in [0.29, 0.717) is 31.7 Å². The lowest BCUT2D eigenvalue weighted by molar-refractivity contribution is -0.136. The number of nitrogens with two attached hydrogens (primary N) is 1. The standard InChI is InChI=1S/C19H34N4O3/c1-5-18(3,4)14-6-9-19(10-7-14)16(25)23(17(26)22-19)12-15(24)21-11-8-13(2)20/h13-14H,5-12,20H2,1-4H3,(H,21,24)(H,22,26). The number of nitrogens with one attached hydrogen (secondary N) is 2. The second-order valence-corrected chi connectivity index (χ2v) is 8.64. The lowest BCUT2D eigenvalue weighted by atomic mass is 9.65. The van der Waals surface area contributed by atoms with Gasteiger partial charge in [0, 0.05) is 12.6 Å². The van der Waals surface area contributed by atoms with Crippen LogP contribution in [0, 0.1) is 11.3 Å². The van der Waals surface area contributed by atoms with Crippen LogP contribution in [0.25, 0.3) is 0 Å². The largest absolute Gasteiger partial charge is 0.354 e. The zero-order valence-electron chi connectivity index (χ0n) is 16.6. The third-order valence-corrected chi connectivity index (χ3v) is 6.33. The molecule has 2 fully saturated rings. The van der Waals surface area contributed by atoms with E-state index in [9.17, 15) is 14.4 Å². The minimum absolute atomic E-state index is 0.00200. The Kier molecular flexibility index (Phi) is 6.32. The number of nitrogens with zero attached hydrogens (tertiary/aromatic N) is 1. The van der Waals surface area contributed by atoms with E-state index in [0.717, 1.165) is 24.2 Å². The highest BCUT2D eigenvalue weighted by Crippen LogP contribution is 2.45. The molecule has 1 spiro atoms. The summed E-state index contributed by atoms with van der Waals surface area (Å²) in [4.78, 5) is 38.3. The van der Waals surface area contributed by atoms with Gasteiger partial charge in [-0.2, -0.15) is 0 Å². The maximum Gasteiger partial charge on any atom is 0.325 e. The first-order chi connectivity index (χ1) is 12.1. The van der Waals surface area contributed by atoms with Crippen LogP contribution in [0.15, 0.2) is 0 Å².